The van der Waals surface area contributed by atoms with Crippen LogP contribution in [0.25, 0.3) is 0 Å². The molecule has 3 heterocycles. The standard InChI is InChI=1S/C23H32N2O7/c1-3-14-4-6-15(7-5-14)10-17-13(2)25(16-8-9-30-12-16)24-22(17)32-23-21(29)20(28)19(27)18(11-26)31-23/h4-7,16,18-21,23,26-29H,3,8-12H2,1-2H3/t16-,18+,19+,20-,21+,23-/m0/s1. The fraction of sp³-hybridized carbons (Fsp3) is 0.609. The van der Waals surface area contributed by atoms with Crippen molar-refractivity contribution in [3.63, 3.8) is 0 Å². The van der Waals surface area contributed by atoms with Crippen LogP contribution in [0.4, 0.5) is 0 Å². The predicted molar refractivity (Wildman–Crippen MR) is 114 cm³/mol. The Labute approximate surface area is 187 Å². The van der Waals surface area contributed by atoms with Gasteiger partial charge in [0.2, 0.25) is 12.2 Å². The van der Waals surface area contributed by atoms with Crippen LogP contribution in [0, 0.1) is 6.92 Å². The number of aliphatic hydroxyl groups excluding tert-OH is 4. The molecule has 1 aromatic carbocycles. The Morgan fingerprint density at radius 1 is 1.09 bits per heavy atom. The topological polar surface area (TPSA) is 126 Å². The normalized spacial score (nSPS) is 30.6. The van der Waals surface area contributed by atoms with E-state index in [9.17, 15) is 20.4 Å². The lowest BCUT2D eigenvalue weighted by atomic mass is 9.99. The van der Waals surface area contributed by atoms with Gasteiger partial charge in [0, 0.05) is 24.3 Å². The molecular formula is C23H32N2O7. The Hall–Kier alpha value is -2.01. The molecule has 2 fully saturated rings. The first-order valence-electron chi connectivity index (χ1n) is 11.1. The molecule has 176 valence electrons. The van der Waals surface area contributed by atoms with Crippen LogP contribution in [-0.2, 0) is 22.3 Å². The van der Waals surface area contributed by atoms with Crippen LogP contribution >= 0.6 is 0 Å². The van der Waals surface area contributed by atoms with Gasteiger partial charge in [0.15, 0.2) is 0 Å². The summed E-state index contributed by atoms with van der Waals surface area (Å²) < 4.78 is 18.9. The average molecular weight is 449 g/mol. The molecule has 2 aromatic rings. The molecule has 0 bridgehead atoms. The van der Waals surface area contributed by atoms with Crippen LogP contribution in [0.2, 0.25) is 0 Å². The molecule has 0 spiro atoms. The van der Waals surface area contributed by atoms with Gasteiger partial charge in [-0.05, 0) is 30.9 Å². The van der Waals surface area contributed by atoms with Gasteiger partial charge < -0.3 is 34.6 Å². The number of aryl methyl sites for hydroxylation is 1. The molecule has 0 radical (unpaired) electrons. The third-order valence-electron chi connectivity index (χ3n) is 6.38. The van der Waals surface area contributed by atoms with E-state index in [-0.39, 0.29) is 6.04 Å². The summed E-state index contributed by atoms with van der Waals surface area (Å²) in [5.41, 5.74) is 4.12. The molecule has 9 nitrogen and oxygen atoms in total. The van der Waals surface area contributed by atoms with Crippen molar-refractivity contribution in [1.29, 1.82) is 0 Å². The zero-order valence-corrected chi connectivity index (χ0v) is 18.4. The number of benzene rings is 1. The Morgan fingerprint density at radius 3 is 2.44 bits per heavy atom. The molecule has 6 atom stereocenters. The van der Waals surface area contributed by atoms with Crippen LogP contribution in [0.15, 0.2) is 24.3 Å². The fourth-order valence-corrected chi connectivity index (χ4v) is 4.27. The Balaban J connectivity index is 1.64. The molecule has 1 aromatic heterocycles. The van der Waals surface area contributed by atoms with Crippen LogP contribution in [0.5, 0.6) is 5.88 Å². The van der Waals surface area contributed by atoms with E-state index in [4.69, 9.17) is 14.2 Å². The first-order valence-corrected chi connectivity index (χ1v) is 11.1. The number of aromatic nitrogens is 2. The van der Waals surface area contributed by atoms with Crippen LogP contribution in [-0.4, -0.2) is 80.7 Å². The molecule has 32 heavy (non-hydrogen) atoms. The highest BCUT2D eigenvalue weighted by atomic mass is 16.7. The van der Waals surface area contributed by atoms with Gasteiger partial charge in [-0.1, -0.05) is 31.2 Å². The monoisotopic (exact) mass is 448 g/mol. The quantitative estimate of drug-likeness (QED) is 0.482. The fourth-order valence-electron chi connectivity index (χ4n) is 4.27. The summed E-state index contributed by atoms with van der Waals surface area (Å²) in [7, 11) is 0. The first kappa shape index (κ1) is 23.2. The highest BCUT2D eigenvalue weighted by Crippen LogP contribution is 2.32. The van der Waals surface area contributed by atoms with Crippen molar-refractivity contribution >= 4 is 0 Å². The number of nitrogens with zero attached hydrogens (tertiary/aromatic N) is 2. The first-order chi connectivity index (χ1) is 15.4. The minimum atomic E-state index is -1.51. The van der Waals surface area contributed by atoms with Crippen molar-refractivity contribution in [3.05, 3.63) is 46.6 Å². The maximum atomic E-state index is 10.4. The summed E-state index contributed by atoms with van der Waals surface area (Å²) in [6.07, 6.45) is -4.41. The second-order valence-corrected chi connectivity index (χ2v) is 8.49. The number of rotatable bonds is 7. The molecule has 4 N–H and O–H groups in total. The Morgan fingerprint density at radius 2 is 1.81 bits per heavy atom. The van der Waals surface area contributed by atoms with Crippen molar-refractivity contribution in [2.75, 3.05) is 19.8 Å². The second-order valence-electron chi connectivity index (χ2n) is 8.49. The SMILES string of the molecule is CCc1ccc(Cc2c(O[C@@H]3O[C@H](CO)[C@@H](O)[C@H](O)[C@H]3O)nn([C@H]3CCOC3)c2C)cc1. The molecule has 0 aliphatic carbocycles. The maximum absolute atomic E-state index is 10.4. The van der Waals surface area contributed by atoms with E-state index in [1.165, 1.54) is 5.56 Å². The number of aliphatic hydroxyl groups is 4. The predicted octanol–water partition coefficient (Wildman–Crippen LogP) is 0.485. The summed E-state index contributed by atoms with van der Waals surface area (Å²) in [5, 5.41) is 44.7. The third-order valence-corrected chi connectivity index (χ3v) is 6.38. The molecule has 0 unspecified atom stereocenters. The Bertz CT molecular complexity index is 892. The van der Waals surface area contributed by atoms with E-state index in [1.54, 1.807) is 0 Å². The summed E-state index contributed by atoms with van der Waals surface area (Å²) in [6, 6.07) is 8.43. The van der Waals surface area contributed by atoms with E-state index in [1.807, 2.05) is 11.6 Å². The van der Waals surface area contributed by atoms with Crippen molar-refractivity contribution in [2.24, 2.45) is 0 Å². The zero-order chi connectivity index (χ0) is 22.8. The van der Waals surface area contributed by atoms with Crippen LogP contribution in [0.1, 0.15) is 41.8 Å². The molecule has 9 heteroatoms. The number of hydrogen-bond donors (Lipinski definition) is 4. The molecule has 4 rings (SSSR count). The lowest BCUT2D eigenvalue weighted by Gasteiger charge is -2.39. The minimum absolute atomic E-state index is 0.0865. The number of hydrogen-bond acceptors (Lipinski definition) is 8. The zero-order valence-electron chi connectivity index (χ0n) is 18.4. The second kappa shape index (κ2) is 9.86. The summed E-state index contributed by atoms with van der Waals surface area (Å²) in [6.45, 7) is 4.79. The molecule has 0 saturated carbocycles. The Kier molecular flexibility index (Phi) is 7.14. The van der Waals surface area contributed by atoms with Gasteiger partial charge in [-0.2, -0.15) is 0 Å². The van der Waals surface area contributed by atoms with Crippen LogP contribution < -0.4 is 4.74 Å². The highest BCUT2D eigenvalue weighted by Gasteiger charge is 2.45. The van der Waals surface area contributed by atoms with Crippen molar-refractivity contribution < 1.29 is 34.6 Å². The number of ether oxygens (including phenoxy) is 3. The van der Waals surface area contributed by atoms with Gasteiger partial charge in [-0.3, -0.25) is 4.68 Å². The van der Waals surface area contributed by atoms with Gasteiger partial charge in [-0.15, -0.1) is 5.10 Å². The molecule has 2 aliphatic heterocycles. The lowest BCUT2D eigenvalue weighted by molar-refractivity contribution is -0.278. The van der Waals surface area contributed by atoms with E-state index >= 15 is 0 Å². The highest BCUT2D eigenvalue weighted by molar-refractivity contribution is 5.37. The van der Waals surface area contributed by atoms with E-state index in [0.29, 0.717) is 25.5 Å². The molecule has 0 amide bonds. The maximum Gasteiger partial charge on any atom is 0.239 e. The van der Waals surface area contributed by atoms with Crippen molar-refractivity contribution in [1.82, 2.24) is 9.78 Å². The van der Waals surface area contributed by atoms with Gasteiger partial charge in [0.1, 0.15) is 24.4 Å². The lowest BCUT2D eigenvalue weighted by Crippen LogP contribution is -2.60. The van der Waals surface area contributed by atoms with Crippen molar-refractivity contribution in [2.45, 2.75) is 69.9 Å². The van der Waals surface area contributed by atoms with Gasteiger partial charge in [0.05, 0.1) is 19.3 Å². The summed E-state index contributed by atoms with van der Waals surface area (Å²) in [4.78, 5) is 0. The van der Waals surface area contributed by atoms with Gasteiger partial charge in [0.25, 0.3) is 0 Å². The van der Waals surface area contributed by atoms with Crippen molar-refractivity contribution in [3.8, 4) is 5.88 Å². The van der Waals surface area contributed by atoms with E-state index < -0.39 is 37.3 Å². The third kappa shape index (κ3) is 4.54. The molecule has 2 aliphatic rings. The average Bonchev–Trinajstić information content (AvgIpc) is 3.44. The van der Waals surface area contributed by atoms with Gasteiger partial charge in [-0.25, -0.2) is 0 Å². The minimum Gasteiger partial charge on any atom is -0.443 e. The molecular weight excluding hydrogens is 416 g/mol. The summed E-state index contributed by atoms with van der Waals surface area (Å²) >= 11 is 0. The smallest absolute Gasteiger partial charge is 0.239 e. The summed E-state index contributed by atoms with van der Waals surface area (Å²) in [5.74, 6) is 0.290. The van der Waals surface area contributed by atoms with Crippen LogP contribution in [0.3, 0.4) is 0 Å². The van der Waals surface area contributed by atoms with E-state index in [2.05, 4.69) is 36.3 Å². The largest absolute Gasteiger partial charge is 0.443 e. The molecule has 2 saturated heterocycles. The van der Waals surface area contributed by atoms with Gasteiger partial charge >= 0.3 is 0 Å². The van der Waals surface area contributed by atoms with E-state index in [0.717, 1.165) is 29.7 Å².